The van der Waals surface area contributed by atoms with E-state index in [9.17, 15) is 0 Å². The fraction of sp³-hybridized carbons (Fsp3) is 0.750. The van der Waals surface area contributed by atoms with E-state index in [2.05, 4.69) is 55.3 Å². The molecule has 1 unspecified atom stereocenters. The van der Waals surface area contributed by atoms with E-state index >= 15 is 0 Å². The molecule has 0 saturated carbocycles. The lowest BCUT2D eigenvalue weighted by molar-refractivity contribution is 0.519. The molecule has 0 saturated heterocycles. The lowest BCUT2D eigenvalue weighted by Gasteiger charge is -2.19. The summed E-state index contributed by atoms with van der Waals surface area (Å²) < 4.78 is 0. The van der Waals surface area contributed by atoms with Crippen LogP contribution in [0.25, 0.3) is 0 Å². The third-order valence-corrected chi connectivity index (χ3v) is 3.62. The zero-order chi connectivity index (χ0) is 16.0. The molecule has 1 rings (SSSR count). The molecule has 0 aromatic carbocycles. The Bertz CT molecular complexity index is 443. The first-order valence-electron chi connectivity index (χ1n) is 7.96. The van der Waals surface area contributed by atoms with Gasteiger partial charge < -0.3 is 10.7 Å². The van der Waals surface area contributed by atoms with Crippen molar-refractivity contribution in [3.05, 3.63) is 11.4 Å². The zero-order valence-corrected chi connectivity index (χ0v) is 14.3. The summed E-state index contributed by atoms with van der Waals surface area (Å²) in [5.41, 5.74) is 3.64. The number of nitrogen functional groups attached to an aromatic ring is 1. The molecule has 0 aliphatic rings. The van der Waals surface area contributed by atoms with Gasteiger partial charge in [-0.3, -0.25) is 0 Å². The van der Waals surface area contributed by atoms with Gasteiger partial charge >= 0.3 is 0 Å². The van der Waals surface area contributed by atoms with Crippen molar-refractivity contribution < 1.29 is 0 Å². The number of hydrazine groups is 1. The first kappa shape index (κ1) is 17.7. The number of hydrogen-bond donors (Lipinski definition) is 3. The summed E-state index contributed by atoms with van der Waals surface area (Å²) >= 11 is 0. The van der Waals surface area contributed by atoms with E-state index in [-0.39, 0.29) is 5.92 Å². The van der Waals surface area contributed by atoms with Crippen molar-refractivity contribution in [1.82, 2.24) is 9.97 Å². The minimum absolute atomic E-state index is 0.273. The van der Waals surface area contributed by atoms with Gasteiger partial charge in [-0.05, 0) is 26.2 Å². The minimum Gasteiger partial charge on any atom is -0.367 e. The second kappa shape index (κ2) is 8.17. The zero-order valence-electron chi connectivity index (χ0n) is 14.3. The Morgan fingerprint density at radius 2 is 1.62 bits per heavy atom. The number of aromatic nitrogens is 2. The van der Waals surface area contributed by atoms with Crippen LogP contribution in [0.4, 0.5) is 11.6 Å². The molecule has 5 nitrogen and oxygen atoms in total. The highest BCUT2D eigenvalue weighted by Gasteiger charge is 2.14. The Labute approximate surface area is 129 Å². The maximum atomic E-state index is 5.56. The quantitative estimate of drug-likeness (QED) is 0.502. The predicted octanol–water partition coefficient (Wildman–Crippen LogP) is 3.82. The highest BCUT2D eigenvalue weighted by molar-refractivity contribution is 5.57. The topological polar surface area (TPSA) is 75.9 Å². The molecule has 0 aliphatic heterocycles. The second-order valence-corrected chi connectivity index (χ2v) is 6.57. The number of rotatable bonds is 8. The van der Waals surface area contributed by atoms with Gasteiger partial charge in [-0.1, -0.05) is 40.5 Å². The molecule has 1 heterocycles. The minimum atomic E-state index is 0.273. The number of hydrogen-bond acceptors (Lipinski definition) is 5. The Kier molecular flexibility index (Phi) is 6.89. The highest BCUT2D eigenvalue weighted by atomic mass is 15.3. The van der Waals surface area contributed by atoms with E-state index < -0.39 is 0 Å². The summed E-state index contributed by atoms with van der Waals surface area (Å²) in [6.07, 6.45) is 3.64. The van der Waals surface area contributed by atoms with Crippen LogP contribution in [0.3, 0.4) is 0 Å². The van der Waals surface area contributed by atoms with Crippen LogP contribution in [0.1, 0.15) is 71.2 Å². The summed E-state index contributed by atoms with van der Waals surface area (Å²) in [6, 6.07) is 0.392. The van der Waals surface area contributed by atoms with Gasteiger partial charge in [0.1, 0.15) is 17.5 Å². The van der Waals surface area contributed by atoms with Crippen LogP contribution in [0.15, 0.2) is 0 Å². The molecule has 0 spiro atoms. The molecule has 5 heteroatoms. The fourth-order valence-corrected chi connectivity index (χ4v) is 2.21. The number of anilines is 2. The molecular formula is C16H31N5. The standard InChI is InChI=1S/C16H31N5/c1-10(2)8-7-9-12(5)18-15-13(6)16(21-17)20-14(19-15)11(3)4/h10-12H,7-9,17H2,1-6H3,(H2,18,19,20,21). The van der Waals surface area contributed by atoms with Crippen LogP contribution in [-0.2, 0) is 0 Å². The van der Waals surface area contributed by atoms with Crippen LogP contribution in [0.2, 0.25) is 0 Å². The Morgan fingerprint density at radius 3 is 2.14 bits per heavy atom. The number of nitrogens with zero attached hydrogens (tertiary/aromatic N) is 2. The van der Waals surface area contributed by atoms with Gasteiger partial charge in [-0.2, -0.15) is 0 Å². The summed E-state index contributed by atoms with van der Waals surface area (Å²) in [7, 11) is 0. The average Bonchev–Trinajstić information content (AvgIpc) is 2.40. The van der Waals surface area contributed by atoms with E-state index in [1.807, 2.05) is 6.92 Å². The molecule has 0 fully saturated rings. The van der Waals surface area contributed by atoms with Crippen LogP contribution in [0, 0.1) is 12.8 Å². The molecule has 0 amide bonds. The Hall–Kier alpha value is -1.36. The number of nitrogens with one attached hydrogen (secondary N) is 2. The van der Waals surface area contributed by atoms with Crippen molar-refractivity contribution in [3.8, 4) is 0 Å². The number of nitrogens with two attached hydrogens (primary N) is 1. The third kappa shape index (κ3) is 5.50. The largest absolute Gasteiger partial charge is 0.367 e. The normalized spacial score (nSPS) is 12.8. The molecular weight excluding hydrogens is 262 g/mol. The van der Waals surface area contributed by atoms with Crippen molar-refractivity contribution >= 4 is 11.6 Å². The molecule has 0 bridgehead atoms. The monoisotopic (exact) mass is 293 g/mol. The molecule has 1 aromatic heterocycles. The lowest BCUT2D eigenvalue weighted by atomic mass is 10.0. The third-order valence-electron chi connectivity index (χ3n) is 3.62. The summed E-state index contributed by atoms with van der Waals surface area (Å²) in [5, 5.41) is 3.51. The molecule has 1 aromatic rings. The van der Waals surface area contributed by atoms with Crippen LogP contribution >= 0.6 is 0 Å². The van der Waals surface area contributed by atoms with Crippen LogP contribution in [0.5, 0.6) is 0 Å². The van der Waals surface area contributed by atoms with Crippen molar-refractivity contribution in [2.24, 2.45) is 11.8 Å². The van der Waals surface area contributed by atoms with E-state index in [0.717, 1.165) is 29.5 Å². The van der Waals surface area contributed by atoms with E-state index in [4.69, 9.17) is 5.84 Å². The van der Waals surface area contributed by atoms with Gasteiger partial charge in [-0.25, -0.2) is 15.8 Å². The first-order valence-corrected chi connectivity index (χ1v) is 7.96. The molecule has 4 N–H and O–H groups in total. The Balaban J connectivity index is 2.79. The van der Waals surface area contributed by atoms with Crippen LogP contribution in [-0.4, -0.2) is 16.0 Å². The van der Waals surface area contributed by atoms with E-state index in [0.29, 0.717) is 11.9 Å². The SMILES string of the molecule is Cc1c(NN)nc(C(C)C)nc1NC(C)CCCC(C)C. The van der Waals surface area contributed by atoms with E-state index in [1.165, 1.54) is 12.8 Å². The van der Waals surface area contributed by atoms with Crippen LogP contribution < -0.4 is 16.6 Å². The van der Waals surface area contributed by atoms with Gasteiger partial charge in [0.2, 0.25) is 0 Å². The maximum Gasteiger partial charge on any atom is 0.148 e. The van der Waals surface area contributed by atoms with Crippen molar-refractivity contribution in [2.45, 2.75) is 72.8 Å². The van der Waals surface area contributed by atoms with E-state index in [1.54, 1.807) is 0 Å². The summed E-state index contributed by atoms with van der Waals surface area (Å²) in [5.74, 6) is 9.00. The average molecular weight is 293 g/mol. The van der Waals surface area contributed by atoms with Crippen molar-refractivity contribution in [2.75, 3.05) is 10.7 Å². The van der Waals surface area contributed by atoms with Gasteiger partial charge in [0.15, 0.2) is 0 Å². The lowest BCUT2D eigenvalue weighted by Crippen LogP contribution is -2.20. The molecule has 21 heavy (non-hydrogen) atoms. The fourth-order valence-electron chi connectivity index (χ4n) is 2.21. The van der Waals surface area contributed by atoms with Gasteiger partial charge in [-0.15, -0.1) is 0 Å². The second-order valence-electron chi connectivity index (χ2n) is 6.57. The van der Waals surface area contributed by atoms with Gasteiger partial charge in [0.25, 0.3) is 0 Å². The summed E-state index contributed by atoms with van der Waals surface area (Å²) in [4.78, 5) is 9.10. The molecule has 0 radical (unpaired) electrons. The highest BCUT2D eigenvalue weighted by Crippen LogP contribution is 2.23. The first-order chi connectivity index (χ1) is 9.85. The van der Waals surface area contributed by atoms with Gasteiger partial charge in [0, 0.05) is 17.5 Å². The summed E-state index contributed by atoms with van der Waals surface area (Å²) in [6.45, 7) is 12.9. The molecule has 1 atom stereocenters. The molecule has 0 aliphatic carbocycles. The Morgan fingerprint density at radius 1 is 1.00 bits per heavy atom. The maximum absolute atomic E-state index is 5.56. The van der Waals surface area contributed by atoms with Gasteiger partial charge in [0.05, 0.1) is 0 Å². The smallest absolute Gasteiger partial charge is 0.148 e. The van der Waals surface area contributed by atoms with Crippen molar-refractivity contribution in [1.29, 1.82) is 0 Å². The predicted molar refractivity (Wildman–Crippen MR) is 90.4 cm³/mol. The molecule has 120 valence electrons. The van der Waals surface area contributed by atoms with Crippen molar-refractivity contribution in [3.63, 3.8) is 0 Å².